The van der Waals surface area contributed by atoms with Crippen molar-refractivity contribution in [3.05, 3.63) is 23.8 Å². The summed E-state index contributed by atoms with van der Waals surface area (Å²) in [6, 6.07) is 4.04. The van der Waals surface area contributed by atoms with Crippen LogP contribution in [0.4, 0.5) is 5.69 Å². The van der Waals surface area contributed by atoms with Crippen LogP contribution in [0.15, 0.2) is 18.2 Å². The first-order valence-corrected chi connectivity index (χ1v) is 5.88. The van der Waals surface area contributed by atoms with E-state index in [1.54, 1.807) is 0 Å². The van der Waals surface area contributed by atoms with E-state index in [0.29, 0.717) is 5.69 Å². The molecule has 1 atom stereocenters. The van der Waals surface area contributed by atoms with Gasteiger partial charge >= 0.3 is 11.9 Å². The molecule has 2 rings (SSSR count). The van der Waals surface area contributed by atoms with E-state index < -0.39 is 17.9 Å². The molecular weight excluding hydrogens is 266 g/mol. The van der Waals surface area contributed by atoms with Crippen LogP contribution in [0.2, 0.25) is 0 Å². The Morgan fingerprint density at radius 2 is 2.10 bits per heavy atom. The molecule has 0 bridgehead atoms. The van der Waals surface area contributed by atoms with Crippen LogP contribution in [-0.2, 0) is 14.3 Å². The van der Waals surface area contributed by atoms with Crippen LogP contribution >= 0.6 is 0 Å². The van der Waals surface area contributed by atoms with Crippen molar-refractivity contribution in [2.75, 3.05) is 18.6 Å². The number of nitrogens with zero attached hydrogens (tertiary/aromatic N) is 1. The average Bonchev–Trinajstić information content (AvgIpc) is 2.80. The van der Waals surface area contributed by atoms with Gasteiger partial charge in [0.25, 0.3) is 0 Å². The van der Waals surface area contributed by atoms with Crippen LogP contribution in [0.5, 0.6) is 5.75 Å². The molecule has 0 spiro atoms. The van der Waals surface area contributed by atoms with Crippen LogP contribution in [0.1, 0.15) is 16.8 Å². The zero-order valence-electron chi connectivity index (χ0n) is 10.7. The number of hydrogen-bond donors (Lipinski definition) is 2. The number of methoxy groups -OCH3 is 1. The fraction of sp³-hybridized carbons (Fsp3) is 0.308. The van der Waals surface area contributed by atoms with Gasteiger partial charge in [0.1, 0.15) is 11.3 Å². The fourth-order valence-electron chi connectivity index (χ4n) is 2.09. The molecule has 7 nitrogen and oxygen atoms in total. The van der Waals surface area contributed by atoms with Crippen LogP contribution in [0.3, 0.4) is 0 Å². The lowest BCUT2D eigenvalue weighted by atomic mass is 10.1. The van der Waals surface area contributed by atoms with Gasteiger partial charge in [-0.25, -0.2) is 4.79 Å². The summed E-state index contributed by atoms with van der Waals surface area (Å²) in [5, 5.41) is 18.7. The predicted molar refractivity (Wildman–Crippen MR) is 67.5 cm³/mol. The summed E-state index contributed by atoms with van der Waals surface area (Å²) in [5.74, 6) is -3.13. The zero-order valence-corrected chi connectivity index (χ0v) is 10.7. The number of aromatic hydroxyl groups is 1. The van der Waals surface area contributed by atoms with E-state index in [-0.39, 0.29) is 30.2 Å². The summed E-state index contributed by atoms with van der Waals surface area (Å²) in [7, 11) is 1.19. The molecule has 1 unspecified atom stereocenters. The van der Waals surface area contributed by atoms with E-state index in [0.717, 1.165) is 0 Å². The van der Waals surface area contributed by atoms with E-state index >= 15 is 0 Å². The van der Waals surface area contributed by atoms with Gasteiger partial charge in [-0.3, -0.25) is 9.59 Å². The SMILES string of the molecule is COC(=O)c1ccc(N2CC(C(=O)O)CC2=O)cc1O. The van der Waals surface area contributed by atoms with Gasteiger partial charge in [0.15, 0.2) is 0 Å². The highest BCUT2D eigenvalue weighted by molar-refractivity contribution is 6.00. The van der Waals surface area contributed by atoms with Crippen molar-refractivity contribution in [3.63, 3.8) is 0 Å². The summed E-state index contributed by atoms with van der Waals surface area (Å²) in [4.78, 5) is 35.3. The quantitative estimate of drug-likeness (QED) is 0.786. The molecule has 1 aliphatic rings. The Balaban J connectivity index is 2.26. The molecule has 1 saturated heterocycles. The fourth-order valence-corrected chi connectivity index (χ4v) is 2.09. The summed E-state index contributed by atoms with van der Waals surface area (Å²) >= 11 is 0. The van der Waals surface area contributed by atoms with Crippen molar-refractivity contribution < 1.29 is 29.3 Å². The molecule has 1 aromatic carbocycles. The summed E-state index contributed by atoms with van der Waals surface area (Å²) < 4.78 is 4.49. The molecule has 1 aliphatic heterocycles. The number of carboxylic acid groups (broad SMARTS) is 1. The monoisotopic (exact) mass is 279 g/mol. The number of esters is 1. The van der Waals surface area contributed by atoms with Crippen LogP contribution < -0.4 is 4.90 Å². The lowest BCUT2D eigenvalue weighted by molar-refractivity contribution is -0.141. The second-order valence-corrected chi connectivity index (χ2v) is 4.44. The number of carbonyl (C=O) groups is 3. The lowest BCUT2D eigenvalue weighted by Crippen LogP contribution is -2.25. The third-order valence-electron chi connectivity index (χ3n) is 3.17. The van der Waals surface area contributed by atoms with E-state index in [9.17, 15) is 19.5 Å². The molecule has 1 fully saturated rings. The topological polar surface area (TPSA) is 104 Å². The number of ether oxygens (including phenoxy) is 1. The molecular formula is C13H13NO6. The van der Waals surface area contributed by atoms with Crippen molar-refractivity contribution in [1.82, 2.24) is 0 Å². The molecule has 1 heterocycles. The molecule has 20 heavy (non-hydrogen) atoms. The predicted octanol–water partition coefficient (Wildman–Crippen LogP) is 0.616. The second kappa shape index (κ2) is 5.20. The maximum atomic E-state index is 11.8. The van der Waals surface area contributed by atoms with Crippen molar-refractivity contribution >= 4 is 23.5 Å². The normalized spacial score (nSPS) is 18.1. The van der Waals surface area contributed by atoms with E-state index in [1.807, 2.05) is 0 Å². The maximum Gasteiger partial charge on any atom is 0.341 e. The van der Waals surface area contributed by atoms with Crippen LogP contribution in [-0.4, -0.2) is 41.7 Å². The number of amides is 1. The molecule has 106 valence electrons. The van der Waals surface area contributed by atoms with Gasteiger partial charge in [0.2, 0.25) is 5.91 Å². The lowest BCUT2D eigenvalue weighted by Gasteiger charge is -2.17. The summed E-state index contributed by atoms with van der Waals surface area (Å²) in [6.07, 6.45) is -0.0746. The van der Waals surface area contributed by atoms with E-state index in [4.69, 9.17) is 5.11 Å². The summed E-state index contributed by atoms with van der Waals surface area (Å²) in [6.45, 7) is 0.0468. The summed E-state index contributed by atoms with van der Waals surface area (Å²) in [5.41, 5.74) is 0.335. The number of benzene rings is 1. The van der Waals surface area contributed by atoms with E-state index in [2.05, 4.69) is 4.74 Å². The number of anilines is 1. The van der Waals surface area contributed by atoms with Gasteiger partial charge in [0.05, 0.1) is 13.0 Å². The molecule has 0 aliphatic carbocycles. The van der Waals surface area contributed by atoms with E-state index in [1.165, 1.54) is 30.2 Å². The minimum absolute atomic E-state index is 0.0160. The first kappa shape index (κ1) is 13.9. The molecule has 1 amide bonds. The molecule has 0 aromatic heterocycles. The second-order valence-electron chi connectivity index (χ2n) is 4.44. The molecule has 2 N–H and O–H groups in total. The van der Waals surface area contributed by atoms with Crippen molar-refractivity contribution in [2.24, 2.45) is 5.92 Å². The van der Waals surface area contributed by atoms with Crippen molar-refractivity contribution in [3.8, 4) is 5.75 Å². The Hall–Kier alpha value is -2.57. The van der Waals surface area contributed by atoms with Gasteiger partial charge in [-0.2, -0.15) is 0 Å². The minimum atomic E-state index is -1.03. The third kappa shape index (κ3) is 2.42. The number of hydrogen-bond acceptors (Lipinski definition) is 5. The number of carbonyl (C=O) groups excluding carboxylic acids is 2. The Bertz CT molecular complexity index is 582. The maximum absolute atomic E-state index is 11.8. The van der Waals surface area contributed by atoms with Crippen molar-refractivity contribution in [2.45, 2.75) is 6.42 Å². The largest absolute Gasteiger partial charge is 0.507 e. The van der Waals surface area contributed by atoms with Crippen LogP contribution in [0.25, 0.3) is 0 Å². The standard InChI is InChI=1S/C13H13NO6/c1-20-13(19)9-3-2-8(5-10(9)15)14-6-7(12(17)18)4-11(14)16/h2-3,5,7,15H,4,6H2,1H3,(H,17,18). The number of phenols is 1. The molecule has 7 heteroatoms. The average molecular weight is 279 g/mol. The Morgan fingerprint density at radius 1 is 1.40 bits per heavy atom. The Kier molecular flexibility index (Phi) is 3.60. The van der Waals surface area contributed by atoms with Gasteiger partial charge in [-0.15, -0.1) is 0 Å². The smallest absolute Gasteiger partial charge is 0.341 e. The molecule has 0 saturated carbocycles. The zero-order chi connectivity index (χ0) is 14.9. The minimum Gasteiger partial charge on any atom is -0.507 e. The highest BCUT2D eigenvalue weighted by Crippen LogP contribution is 2.30. The number of aliphatic carboxylic acids is 1. The van der Waals surface area contributed by atoms with Gasteiger partial charge in [-0.1, -0.05) is 0 Å². The van der Waals surface area contributed by atoms with Crippen LogP contribution in [0, 0.1) is 5.92 Å². The van der Waals surface area contributed by atoms with Gasteiger partial charge < -0.3 is 19.8 Å². The number of phenolic OH excluding ortho intramolecular Hbond substituents is 1. The van der Waals surface area contributed by atoms with Crippen molar-refractivity contribution in [1.29, 1.82) is 0 Å². The first-order chi connectivity index (χ1) is 9.43. The third-order valence-corrected chi connectivity index (χ3v) is 3.17. The highest BCUT2D eigenvalue weighted by Gasteiger charge is 2.35. The molecule has 0 radical (unpaired) electrons. The Labute approximate surface area is 114 Å². The molecule has 1 aromatic rings. The first-order valence-electron chi connectivity index (χ1n) is 5.88. The number of carboxylic acids is 1. The highest BCUT2D eigenvalue weighted by atomic mass is 16.5. The Morgan fingerprint density at radius 3 is 2.60 bits per heavy atom. The van der Waals surface area contributed by atoms with Gasteiger partial charge in [-0.05, 0) is 12.1 Å². The van der Waals surface area contributed by atoms with Gasteiger partial charge in [0, 0.05) is 24.7 Å². The number of rotatable bonds is 3.